The maximum Gasteiger partial charge on any atom is 0.460 e. The van der Waals surface area contributed by atoms with Gasteiger partial charge in [-0.15, -0.1) is 0 Å². The van der Waals surface area contributed by atoms with E-state index in [1.807, 2.05) is 62.4 Å². The highest BCUT2D eigenvalue weighted by atomic mass is 28.4. The minimum atomic E-state index is -9.22. The molecule has 456 valence electrons. The topological polar surface area (TPSA) is 55.4 Å². The first-order valence-electron chi connectivity index (χ1n) is 24.3. The Balaban J connectivity index is 1.82. The summed E-state index contributed by atoms with van der Waals surface area (Å²) in [6.07, 6.45) is -8.42. The van der Waals surface area contributed by atoms with Crippen molar-refractivity contribution >= 4 is 14.4 Å². The van der Waals surface area contributed by atoms with E-state index in [1.165, 1.54) is 38.5 Å². The van der Waals surface area contributed by atoms with Crippen molar-refractivity contribution in [2.24, 2.45) is 11.8 Å². The van der Waals surface area contributed by atoms with Crippen LogP contribution in [0, 0.1) is 11.8 Å². The number of hydrogen-bond acceptors (Lipinski definition) is 6. The fourth-order valence-corrected chi connectivity index (χ4v) is 8.62. The van der Waals surface area contributed by atoms with Crippen molar-refractivity contribution in [2.75, 3.05) is 27.4 Å². The van der Waals surface area contributed by atoms with Gasteiger partial charge in [-0.25, -0.2) is 0 Å². The van der Waals surface area contributed by atoms with E-state index < -0.39 is 99.5 Å². The Labute approximate surface area is 449 Å². The lowest BCUT2D eigenvalue weighted by Crippen LogP contribution is -2.76. The largest absolute Gasteiger partial charge is 0.494 e. The molecule has 0 unspecified atom stereocenters. The molecular weight excluding hydrogens is 1150 g/mol. The molecule has 3 rings (SSSR count). The number of rotatable bonds is 31. The number of hydrogen-bond donors (Lipinski definition) is 0. The normalized spacial score (nSPS) is 15.9. The first-order chi connectivity index (χ1) is 36.3. The number of ether oxygens (including phenoxy) is 5. The summed E-state index contributed by atoms with van der Waals surface area (Å²) in [5.41, 5.74) is 2.16. The maximum absolute atomic E-state index is 14.6. The quantitative estimate of drug-likeness (QED) is 0.0364. The predicted octanol–water partition coefficient (Wildman–Crippen LogP) is 17.4. The molecule has 0 heterocycles. The summed E-state index contributed by atoms with van der Waals surface area (Å²) < 4.78 is 326. The zero-order valence-electron chi connectivity index (χ0n) is 44.4. The van der Waals surface area contributed by atoms with Gasteiger partial charge in [0.25, 0.3) is 0 Å². The van der Waals surface area contributed by atoms with Crippen LogP contribution in [0.3, 0.4) is 0 Å². The van der Waals surface area contributed by atoms with Crippen LogP contribution in [0.25, 0.3) is 6.08 Å². The molecule has 4 atom stereocenters. The molecule has 0 saturated carbocycles. The number of alkyl halides is 21. The van der Waals surface area contributed by atoms with Gasteiger partial charge in [0.1, 0.15) is 5.75 Å². The molecule has 0 aliphatic carbocycles. The summed E-state index contributed by atoms with van der Waals surface area (Å²) in [6, 6.07) is 19.9. The fraction of sp³-hybridized carbons (Fsp3) is 0.615. The lowest BCUT2D eigenvalue weighted by Gasteiger charge is -2.44. The molecule has 0 spiro atoms. The van der Waals surface area contributed by atoms with Gasteiger partial charge >= 0.3 is 59.5 Å². The van der Waals surface area contributed by atoms with Gasteiger partial charge in [0, 0.05) is 24.9 Å². The average molecular weight is 1210 g/mol. The van der Waals surface area contributed by atoms with Crippen LogP contribution in [0.5, 0.6) is 17.2 Å². The molecule has 0 aliphatic heterocycles. The summed E-state index contributed by atoms with van der Waals surface area (Å²) in [6.45, 7) is 13.7. The first kappa shape index (κ1) is 69.7. The third kappa shape index (κ3) is 14.4. The van der Waals surface area contributed by atoms with Gasteiger partial charge in [0.05, 0.1) is 46.2 Å². The zero-order chi connectivity index (χ0) is 61.6. The van der Waals surface area contributed by atoms with E-state index in [-0.39, 0.29) is 35.8 Å². The SMILES string of the molecule is COc1ccc(CO[C@H]([C@@H](C)[C@@H](CCCO[Si](C)(C)C(C)(C)C)OCc2ccc(OCCCC(F)(F)C(F)(F)C(F)(F)C(F)(F)C(F)(F)C(F)(F)C(F)(F)C(F)(F)C(F)(F)C(F)(F)F)cc2)[C@@H](C)C=Cc2ccccc2)cc1OC. The van der Waals surface area contributed by atoms with E-state index in [1.54, 1.807) is 12.1 Å². The van der Waals surface area contributed by atoms with Crippen LogP contribution in [0.15, 0.2) is 78.9 Å². The third-order valence-corrected chi connectivity index (χ3v) is 18.2. The van der Waals surface area contributed by atoms with Crippen molar-refractivity contribution in [2.45, 2.75) is 163 Å². The molecule has 6 nitrogen and oxygen atoms in total. The number of benzene rings is 3. The molecule has 0 radical (unpaired) electrons. The highest BCUT2D eigenvalue weighted by molar-refractivity contribution is 6.74. The Hall–Kier alpha value is -4.57. The molecule has 0 saturated heterocycles. The van der Waals surface area contributed by atoms with E-state index in [9.17, 15) is 92.2 Å². The summed E-state index contributed by atoms with van der Waals surface area (Å²) in [5, 5.41) is -0.0894. The number of methoxy groups -OCH3 is 2. The summed E-state index contributed by atoms with van der Waals surface area (Å²) in [5.74, 6) is -77.2. The van der Waals surface area contributed by atoms with Crippen LogP contribution in [-0.4, -0.2) is 107 Å². The second kappa shape index (κ2) is 25.5. The Morgan fingerprint density at radius 2 is 1.00 bits per heavy atom. The van der Waals surface area contributed by atoms with Gasteiger partial charge in [-0.2, -0.15) is 92.2 Å². The van der Waals surface area contributed by atoms with Gasteiger partial charge in [-0.05, 0) is 78.4 Å². The molecule has 0 amide bonds. The Morgan fingerprint density at radius 3 is 1.49 bits per heavy atom. The van der Waals surface area contributed by atoms with Crippen molar-refractivity contribution in [3.05, 3.63) is 95.6 Å². The molecule has 28 heteroatoms. The van der Waals surface area contributed by atoms with Crippen LogP contribution >= 0.6 is 0 Å². The zero-order valence-corrected chi connectivity index (χ0v) is 45.4. The predicted molar refractivity (Wildman–Crippen MR) is 255 cm³/mol. The van der Waals surface area contributed by atoms with Gasteiger partial charge in [-0.3, -0.25) is 0 Å². The molecule has 0 N–H and O–H groups in total. The lowest BCUT2D eigenvalue weighted by molar-refractivity contribution is -0.474. The highest BCUT2D eigenvalue weighted by Gasteiger charge is 2.97. The van der Waals surface area contributed by atoms with E-state index >= 15 is 0 Å². The summed E-state index contributed by atoms with van der Waals surface area (Å²) >= 11 is 0. The second-order valence-corrected chi connectivity index (χ2v) is 25.3. The van der Waals surface area contributed by atoms with E-state index in [0.29, 0.717) is 36.5 Å². The molecule has 0 aliphatic rings. The second-order valence-electron chi connectivity index (χ2n) is 20.4. The first-order valence-corrected chi connectivity index (χ1v) is 27.2. The van der Waals surface area contributed by atoms with Gasteiger partial charge in [0.15, 0.2) is 19.8 Å². The van der Waals surface area contributed by atoms with Crippen molar-refractivity contribution in [3.8, 4) is 17.2 Å². The summed E-state index contributed by atoms with van der Waals surface area (Å²) in [7, 11) is 0.815. The minimum absolute atomic E-state index is 0.0831. The van der Waals surface area contributed by atoms with Crippen molar-refractivity contribution in [1.82, 2.24) is 0 Å². The van der Waals surface area contributed by atoms with E-state index in [0.717, 1.165) is 11.1 Å². The van der Waals surface area contributed by atoms with E-state index in [2.05, 4.69) is 33.9 Å². The van der Waals surface area contributed by atoms with Crippen LogP contribution in [0.2, 0.25) is 18.1 Å². The van der Waals surface area contributed by atoms with E-state index in [4.69, 9.17) is 28.1 Å². The maximum atomic E-state index is 14.6. The number of halogens is 21. The highest BCUT2D eigenvalue weighted by Crippen LogP contribution is 2.66. The van der Waals surface area contributed by atoms with Gasteiger partial charge < -0.3 is 28.1 Å². The van der Waals surface area contributed by atoms with Crippen molar-refractivity contribution in [3.63, 3.8) is 0 Å². The molecule has 0 fully saturated rings. The molecular formula is C52H61F21O6Si. The molecule has 0 bridgehead atoms. The molecule has 3 aromatic rings. The molecule has 80 heavy (non-hydrogen) atoms. The average Bonchev–Trinajstić information content (AvgIpc) is 3.36. The van der Waals surface area contributed by atoms with Crippen molar-refractivity contribution < 1.29 is 120 Å². The Bertz CT molecular complexity index is 2450. The van der Waals surface area contributed by atoms with Crippen molar-refractivity contribution in [1.29, 1.82) is 0 Å². The fourth-order valence-electron chi connectivity index (χ4n) is 7.54. The third-order valence-electron chi connectivity index (χ3n) is 13.7. The molecule has 0 aromatic heterocycles. The Morgan fingerprint density at radius 1 is 0.525 bits per heavy atom. The monoisotopic (exact) mass is 1210 g/mol. The molecule has 3 aromatic carbocycles. The summed E-state index contributed by atoms with van der Waals surface area (Å²) in [4.78, 5) is 0. The smallest absolute Gasteiger partial charge is 0.460 e. The Kier molecular flexibility index (Phi) is 22.2. The minimum Gasteiger partial charge on any atom is -0.494 e. The van der Waals surface area contributed by atoms with Crippen LogP contribution in [0.1, 0.15) is 77.0 Å². The van der Waals surface area contributed by atoms with Crippen LogP contribution in [-0.2, 0) is 27.1 Å². The lowest BCUT2D eigenvalue weighted by atomic mass is 9.85. The van der Waals surface area contributed by atoms with Gasteiger partial charge in [-0.1, -0.05) is 95.3 Å². The van der Waals surface area contributed by atoms with Crippen LogP contribution in [0.4, 0.5) is 92.2 Å². The van der Waals surface area contributed by atoms with Crippen LogP contribution < -0.4 is 14.2 Å². The van der Waals surface area contributed by atoms with Gasteiger partial charge in [0.2, 0.25) is 0 Å². The standard InChI is InChI=1S/C52H61F21O6Si/c1-32(18-19-34-15-11-10-12-16-34)41(78-31-36-22-25-39(74-6)40(29-36)75-7)33(2)38(17-13-28-79-80(8,9)42(3,4)5)77-30-35-20-23-37(24-21-35)76-27-14-26-43(53,54)44(55,56)45(57,58)46(59,60)47(61,62)48(63,64)49(65,66)50(67,68)51(69,70)52(71,72)73/h10-12,15-16,18-25,29,32-33,38,41H,13-14,17,26-28,30-31H2,1-9H3/t32-,33-,38+,41-/m0/s1.